The van der Waals surface area contributed by atoms with E-state index in [4.69, 9.17) is 0 Å². The molecule has 2 heterocycles. The first-order valence-corrected chi connectivity index (χ1v) is 10.3. The van der Waals surface area contributed by atoms with Gasteiger partial charge in [-0.15, -0.1) is 24.0 Å². The number of guanidine groups is 1. The van der Waals surface area contributed by atoms with Gasteiger partial charge in [-0.3, -0.25) is 14.7 Å². The quantitative estimate of drug-likeness (QED) is 0.370. The number of halogens is 1. The van der Waals surface area contributed by atoms with Gasteiger partial charge in [0.15, 0.2) is 5.96 Å². The molecule has 0 aromatic heterocycles. The Bertz CT molecular complexity index is 461. The van der Waals surface area contributed by atoms with Crippen molar-refractivity contribution in [1.82, 2.24) is 20.4 Å². The molecule has 26 heavy (non-hydrogen) atoms. The zero-order valence-corrected chi connectivity index (χ0v) is 18.5. The minimum Gasteiger partial charge on any atom is -0.352 e. The zero-order chi connectivity index (χ0) is 17.5. The average molecular weight is 477 g/mol. The summed E-state index contributed by atoms with van der Waals surface area (Å²) in [4.78, 5) is 21.6. The van der Waals surface area contributed by atoms with Crippen molar-refractivity contribution in [2.45, 2.75) is 69.9 Å². The molecule has 6 nitrogen and oxygen atoms in total. The number of carbonyl (C=O) groups excluding carboxylic acids is 1. The molecule has 3 rings (SSSR count). The highest BCUT2D eigenvalue weighted by molar-refractivity contribution is 14.0. The third-order valence-corrected chi connectivity index (χ3v) is 5.96. The number of amides is 1. The molecule has 0 aromatic rings. The molecular weight excluding hydrogens is 441 g/mol. The van der Waals surface area contributed by atoms with Crippen LogP contribution in [0.3, 0.4) is 0 Å². The number of hydrogen-bond acceptors (Lipinski definition) is 3. The summed E-state index contributed by atoms with van der Waals surface area (Å²) in [5, 5.41) is 6.44. The SMILES string of the molecule is CN=C(NCC(=O)NC1CCCCC1)N1CCC(N2CCCCC2)C1.I. The van der Waals surface area contributed by atoms with Crippen LogP contribution in [-0.2, 0) is 4.79 Å². The molecule has 2 N–H and O–H groups in total. The van der Waals surface area contributed by atoms with E-state index < -0.39 is 0 Å². The van der Waals surface area contributed by atoms with Crippen LogP contribution >= 0.6 is 24.0 Å². The van der Waals surface area contributed by atoms with Crippen molar-refractivity contribution in [3.8, 4) is 0 Å². The van der Waals surface area contributed by atoms with Crippen molar-refractivity contribution >= 4 is 35.8 Å². The van der Waals surface area contributed by atoms with Gasteiger partial charge in [-0.1, -0.05) is 25.7 Å². The van der Waals surface area contributed by atoms with Gasteiger partial charge in [-0.2, -0.15) is 0 Å². The van der Waals surface area contributed by atoms with Gasteiger partial charge in [-0.05, 0) is 45.2 Å². The lowest BCUT2D eigenvalue weighted by Gasteiger charge is -2.32. The Morgan fingerprint density at radius 3 is 2.38 bits per heavy atom. The monoisotopic (exact) mass is 477 g/mol. The lowest BCUT2D eigenvalue weighted by Crippen LogP contribution is -2.48. The second-order valence-corrected chi connectivity index (χ2v) is 7.79. The van der Waals surface area contributed by atoms with Crippen LogP contribution in [0, 0.1) is 0 Å². The lowest BCUT2D eigenvalue weighted by molar-refractivity contribution is -0.120. The van der Waals surface area contributed by atoms with E-state index in [2.05, 4.69) is 25.4 Å². The lowest BCUT2D eigenvalue weighted by atomic mass is 9.95. The van der Waals surface area contributed by atoms with Crippen molar-refractivity contribution in [2.24, 2.45) is 4.99 Å². The first-order chi connectivity index (χ1) is 12.3. The smallest absolute Gasteiger partial charge is 0.239 e. The summed E-state index contributed by atoms with van der Waals surface area (Å²) in [5.41, 5.74) is 0. The fourth-order valence-corrected chi connectivity index (χ4v) is 4.53. The van der Waals surface area contributed by atoms with Gasteiger partial charge in [0.25, 0.3) is 0 Å². The van der Waals surface area contributed by atoms with Gasteiger partial charge in [0.2, 0.25) is 5.91 Å². The van der Waals surface area contributed by atoms with Gasteiger partial charge in [0.1, 0.15) is 0 Å². The van der Waals surface area contributed by atoms with E-state index in [9.17, 15) is 4.79 Å². The highest BCUT2D eigenvalue weighted by Gasteiger charge is 2.30. The van der Waals surface area contributed by atoms with Gasteiger partial charge in [-0.25, -0.2) is 0 Å². The van der Waals surface area contributed by atoms with E-state index in [1.807, 2.05) is 7.05 Å². The molecule has 1 amide bonds. The molecule has 1 unspecified atom stereocenters. The Morgan fingerprint density at radius 1 is 1.00 bits per heavy atom. The highest BCUT2D eigenvalue weighted by Crippen LogP contribution is 2.20. The van der Waals surface area contributed by atoms with Crippen LogP contribution in [0.2, 0.25) is 0 Å². The van der Waals surface area contributed by atoms with Crippen molar-refractivity contribution in [3.05, 3.63) is 0 Å². The number of carbonyl (C=O) groups is 1. The summed E-state index contributed by atoms with van der Waals surface area (Å²) in [6.45, 7) is 4.88. The summed E-state index contributed by atoms with van der Waals surface area (Å²) in [6.07, 6.45) is 11.3. The number of likely N-dealkylation sites (tertiary alicyclic amines) is 2. The Hall–Kier alpha value is -0.570. The van der Waals surface area contributed by atoms with Crippen LogP contribution in [0.1, 0.15) is 57.8 Å². The third kappa shape index (κ3) is 6.25. The Morgan fingerprint density at radius 2 is 1.69 bits per heavy atom. The highest BCUT2D eigenvalue weighted by atomic mass is 127. The standard InChI is InChI=1S/C19H35N5O.HI/c1-20-19(21-14-18(25)22-16-8-4-2-5-9-16)24-13-10-17(15-24)23-11-6-3-7-12-23;/h16-17H,2-15H2,1H3,(H,20,21)(H,22,25);1H. The number of nitrogens with one attached hydrogen (secondary N) is 2. The van der Waals surface area contributed by atoms with Crippen molar-refractivity contribution < 1.29 is 4.79 Å². The van der Waals surface area contributed by atoms with Gasteiger partial charge < -0.3 is 15.5 Å². The predicted octanol–water partition coefficient (Wildman–Crippen LogP) is 2.19. The first-order valence-electron chi connectivity index (χ1n) is 10.3. The second-order valence-electron chi connectivity index (χ2n) is 7.79. The molecular formula is C19H36IN5O. The Balaban J connectivity index is 0.00000243. The fraction of sp³-hybridized carbons (Fsp3) is 0.895. The van der Waals surface area contributed by atoms with E-state index in [1.54, 1.807) is 0 Å². The molecule has 150 valence electrons. The first kappa shape index (κ1) is 21.7. The van der Waals surface area contributed by atoms with E-state index in [1.165, 1.54) is 58.0 Å². The largest absolute Gasteiger partial charge is 0.352 e. The minimum absolute atomic E-state index is 0. The number of hydrogen-bond donors (Lipinski definition) is 2. The van der Waals surface area contributed by atoms with E-state index in [0.29, 0.717) is 18.6 Å². The van der Waals surface area contributed by atoms with Crippen molar-refractivity contribution in [2.75, 3.05) is 39.8 Å². The van der Waals surface area contributed by atoms with Crippen molar-refractivity contribution in [3.63, 3.8) is 0 Å². The molecule has 0 aromatic carbocycles. The number of nitrogens with zero attached hydrogens (tertiary/aromatic N) is 3. The van der Waals surface area contributed by atoms with Gasteiger partial charge in [0, 0.05) is 32.2 Å². The molecule has 1 aliphatic carbocycles. The molecule has 0 bridgehead atoms. The summed E-state index contributed by atoms with van der Waals surface area (Å²) in [5.74, 6) is 0.970. The second kappa shape index (κ2) is 11.3. The molecule has 3 fully saturated rings. The van der Waals surface area contributed by atoms with Crippen LogP contribution in [-0.4, -0.2) is 73.5 Å². The molecule has 2 aliphatic heterocycles. The summed E-state index contributed by atoms with van der Waals surface area (Å²) >= 11 is 0. The maximum atomic E-state index is 12.2. The topological polar surface area (TPSA) is 60.0 Å². The van der Waals surface area contributed by atoms with Crippen LogP contribution in [0.15, 0.2) is 4.99 Å². The zero-order valence-electron chi connectivity index (χ0n) is 16.2. The molecule has 7 heteroatoms. The van der Waals surface area contributed by atoms with Gasteiger partial charge in [0.05, 0.1) is 6.54 Å². The predicted molar refractivity (Wildman–Crippen MR) is 117 cm³/mol. The summed E-state index contributed by atoms with van der Waals surface area (Å²) in [6, 6.07) is 1.02. The number of piperidine rings is 1. The molecule has 0 radical (unpaired) electrons. The normalized spacial score (nSPS) is 25.7. The van der Waals surface area contributed by atoms with Gasteiger partial charge >= 0.3 is 0 Å². The number of rotatable bonds is 4. The maximum Gasteiger partial charge on any atom is 0.239 e. The third-order valence-electron chi connectivity index (χ3n) is 5.96. The van der Waals surface area contributed by atoms with E-state index >= 15 is 0 Å². The molecule has 1 saturated carbocycles. The van der Waals surface area contributed by atoms with Crippen LogP contribution in [0.4, 0.5) is 0 Å². The van der Waals surface area contributed by atoms with E-state index in [0.717, 1.165) is 31.9 Å². The van der Waals surface area contributed by atoms with Crippen LogP contribution in [0.5, 0.6) is 0 Å². The average Bonchev–Trinajstić information content (AvgIpc) is 3.14. The maximum absolute atomic E-state index is 12.2. The Kier molecular flexibility index (Phi) is 9.45. The summed E-state index contributed by atoms with van der Waals surface area (Å²) < 4.78 is 0. The molecule has 2 saturated heterocycles. The van der Waals surface area contributed by atoms with Crippen LogP contribution in [0.25, 0.3) is 0 Å². The van der Waals surface area contributed by atoms with E-state index in [-0.39, 0.29) is 29.9 Å². The van der Waals surface area contributed by atoms with Crippen molar-refractivity contribution in [1.29, 1.82) is 0 Å². The molecule has 1 atom stereocenters. The summed E-state index contributed by atoms with van der Waals surface area (Å²) in [7, 11) is 1.82. The van der Waals surface area contributed by atoms with Crippen LogP contribution < -0.4 is 10.6 Å². The minimum atomic E-state index is 0. The molecule has 0 spiro atoms. The fourth-order valence-electron chi connectivity index (χ4n) is 4.53. The Labute approximate surface area is 175 Å². The molecule has 3 aliphatic rings. The number of aliphatic imine (C=N–C) groups is 1.